The van der Waals surface area contributed by atoms with E-state index in [9.17, 15) is 0 Å². The lowest BCUT2D eigenvalue weighted by molar-refractivity contribution is 0.270. The van der Waals surface area contributed by atoms with Crippen LogP contribution in [0.5, 0.6) is 11.5 Å². The van der Waals surface area contributed by atoms with Crippen molar-refractivity contribution in [3.8, 4) is 11.5 Å². The minimum Gasteiger partial charge on any atom is -0.487 e. The summed E-state index contributed by atoms with van der Waals surface area (Å²) in [5.41, 5.74) is 4.19. The summed E-state index contributed by atoms with van der Waals surface area (Å²) in [5.74, 6) is 1.81. The fourth-order valence-electron chi connectivity index (χ4n) is 4.95. The summed E-state index contributed by atoms with van der Waals surface area (Å²) < 4.78 is 12.3. The zero-order chi connectivity index (χ0) is 25.8. The van der Waals surface area contributed by atoms with Crippen molar-refractivity contribution in [3.05, 3.63) is 120 Å². The van der Waals surface area contributed by atoms with Crippen molar-refractivity contribution in [2.45, 2.75) is 64.1 Å². The van der Waals surface area contributed by atoms with Gasteiger partial charge in [-0.05, 0) is 49.2 Å². The molecule has 2 aromatic heterocycles. The minimum absolute atomic E-state index is 0.397. The van der Waals surface area contributed by atoms with Crippen LogP contribution in [0.3, 0.4) is 0 Å². The molecular formula is C32H36N4O2. The Hall–Kier alpha value is -3.74. The maximum Gasteiger partial charge on any atom is 0.130 e. The van der Waals surface area contributed by atoms with Crippen LogP contribution in [0.25, 0.3) is 0 Å². The minimum atomic E-state index is 0.397. The quantitative estimate of drug-likeness (QED) is 0.251. The van der Waals surface area contributed by atoms with Gasteiger partial charge in [-0.1, -0.05) is 61.4 Å². The highest BCUT2D eigenvalue weighted by Crippen LogP contribution is 2.24. The molecule has 1 aliphatic carbocycles. The predicted octanol–water partition coefficient (Wildman–Crippen LogP) is 5.83. The Kier molecular flexibility index (Phi) is 9.34. The highest BCUT2D eigenvalue weighted by molar-refractivity contribution is 5.34. The van der Waals surface area contributed by atoms with E-state index in [0.29, 0.717) is 25.3 Å². The Morgan fingerprint density at radius 3 is 1.47 bits per heavy atom. The van der Waals surface area contributed by atoms with Crippen LogP contribution in [0, 0.1) is 0 Å². The van der Waals surface area contributed by atoms with E-state index in [1.165, 1.54) is 24.0 Å². The Bertz CT molecular complexity index is 1150. The van der Waals surface area contributed by atoms with E-state index in [-0.39, 0.29) is 0 Å². The van der Waals surface area contributed by atoms with Gasteiger partial charge in [0.2, 0.25) is 0 Å². The lowest BCUT2D eigenvalue weighted by Gasteiger charge is -2.33. The molecule has 0 spiro atoms. The summed E-state index contributed by atoms with van der Waals surface area (Å²) in [6.07, 6.45) is 8.41. The van der Waals surface area contributed by atoms with Crippen LogP contribution in [0.1, 0.15) is 48.2 Å². The van der Waals surface area contributed by atoms with Crippen LogP contribution in [0.15, 0.2) is 97.3 Å². The van der Waals surface area contributed by atoms with Gasteiger partial charge in [-0.2, -0.15) is 0 Å². The van der Waals surface area contributed by atoms with Crippen LogP contribution in [0.2, 0.25) is 0 Å². The van der Waals surface area contributed by atoms with Gasteiger partial charge in [-0.15, -0.1) is 0 Å². The van der Waals surface area contributed by atoms with Gasteiger partial charge in [-0.3, -0.25) is 9.97 Å². The van der Waals surface area contributed by atoms with Crippen molar-refractivity contribution in [3.63, 3.8) is 0 Å². The smallest absolute Gasteiger partial charge is 0.130 e. The molecule has 196 valence electrons. The molecule has 0 amide bonds. The Morgan fingerprint density at radius 1 is 0.579 bits per heavy atom. The molecule has 2 heterocycles. The van der Waals surface area contributed by atoms with Gasteiger partial charge in [0.25, 0.3) is 0 Å². The molecule has 6 heteroatoms. The average Bonchev–Trinajstić information content (AvgIpc) is 2.99. The molecule has 1 fully saturated rings. The second kappa shape index (κ2) is 13.7. The first kappa shape index (κ1) is 25.9. The zero-order valence-electron chi connectivity index (χ0n) is 21.8. The predicted molar refractivity (Wildman–Crippen MR) is 150 cm³/mol. The number of hydrogen-bond acceptors (Lipinski definition) is 6. The van der Waals surface area contributed by atoms with Crippen molar-refractivity contribution in [1.82, 2.24) is 20.6 Å². The molecule has 2 N–H and O–H groups in total. The van der Waals surface area contributed by atoms with Gasteiger partial charge < -0.3 is 20.1 Å². The number of nitrogens with one attached hydrogen (secondary N) is 2. The number of pyridine rings is 2. The highest BCUT2D eigenvalue weighted by Gasteiger charge is 2.25. The maximum atomic E-state index is 6.13. The normalized spacial score (nSPS) is 17.2. The molecule has 0 saturated heterocycles. The number of ether oxygens (including phenoxy) is 2. The molecule has 0 radical (unpaired) electrons. The molecule has 0 bridgehead atoms. The van der Waals surface area contributed by atoms with Crippen LogP contribution in [-0.2, 0) is 26.3 Å². The van der Waals surface area contributed by atoms with Crippen LogP contribution < -0.4 is 20.1 Å². The zero-order valence-corrected chi connectivity index (χ0v) is 21.8. The van der Waals surface area contributed by atoms with Crippen LogP contribution in [0.4, 0.5) is 0 Å². The van der Waals surface area contributed by atoms with Crippen molar-refractivity contribution in [2.75, 3.05) is 0 Å². The number of para-hydroxylation sites is 2. The van der Waals surface area contributed by atoms with E-state index in [4.69, 9.17) is 9.47 Å². The lowest BCUT2D eigenvalue weighted by atomic mass is 9.90. The first-order valence-electron chi connectivity index (χ1n) is 13.5. The van der Waals surface area contributed by atoms with E-state index >= 15 is 0 Å². The van der Waals surface area contributed by atoms with E-state index in [1.54, 1.807) is 12.4 Å². The SMILES string of the molecule is c1ccc(COc2ccccc2CN[C@@H]2CCCC[C@H]2NCc2ccccc2OCc2ccccn2)nc1. The van der Waals surface area contributed by atoms with Gasteiger partial charge in [0, 0.05) is 48.7 Å². The van der Waals surface area contributed by atoms with E-state index < -0.39 is 0 Å². The standard InChI is InChI=1S/C32H36N4O2/c1-5-17-31(37-23-27-13-7-9-19-33-27)25(11-1)21-35-29-15-3-4-16-30(29)36-22-26-12-2-6-18-32(26)38-24-28-14-8-10-20-34-28/h1-2,5-14,17-20,29-30,35-36H,3-4,15-16,21-24H2/t29-,30-/m1/s1. The fourth-order valence-corrected chi connectivity index (χ4v) is 4.95. The fraction of sp³-hybridized carbons (Fsp3) is 0.312. The van der Waals surface area contributed by atoms with Crippen molar-refractivity contribution < 1.29 is 9.47 Å². The van der Waals surface area contributed by atoms with Gasteiger partial charge in [0.1, 0.15) is 24.7 Å². The third kappa shape index (κ3) is 7.40. The molecule has 0 aliphatic heterocycles. The van der Waals surface area contributed by atoms with E-state index in [2.05, 4.69) is 44.9 Å². The first-order valence-corrected chi connectivity index (χ1v) is 13.5. The summed E-state index contributed by atoms with van der Waals surface area (Å²) in [5, 5.41) is 7.65. The Labute approximate surface area is 225 Å². The second-order valence-electron chi connectivity index (χ2n) is 9.69. The number of rotatable bonds is 12. The molecule has 5 rings (SSSR count). The first-order chi connectivity index (χ1) is 18.8. The maximum absolute atomic E-state index is 6.13. The van der Waals surface area contributed by atoms with E-state index in [0.717, 1.165) is 48.8 Å². The number of aromatic nitrogens is 2. The lowest BCUT2D eigenvalue weighted by Crippen LogP contribution is -2.49. The molecular weight excluding hydrogens is 472 g/mol. The molecule has 1 aliphatic rings. The van der Waals surface area contributed by atoms with Gasteiger partial charge >= 0.3 is 0 Å². The van der Waals surface area contributed by atoms with Crippen molar-refractivity contribution >= 4 is 0 Å². The monoisotopic (exact) mass is 508 g/mol. The number of nitrogens with zero attached hydrogens (tertiary/aromatic N) is 2. The number of hydrogen-bond donors (Lipinski definition) is 2. The summed E-state index contributed by atoms with van der Waals surface area (Å²) in [6, 6.07) is 29.1. The molecule has 1 saturated carbocycles. The van der Waals surface area contributed by atoms with Gasteiger partial charge in [0.05, 0.1) is 11.4 Å². The van der Waals surface area contributed by atoms with Gasteiger partial charge in [-0.25, -0.2) is 0 Å². The van der Waals surface area contributed by atoms with Crippen molar-refractivity contribution in [1.29, 1.82) is 0 Å². The second-order valence-corrected chi connectivity index (χ2v) is 9.69. The van der Waals surface area contributed by atoms with Crippen LogP contribution >= 0.6 is 0 Å². The number of benzene rings is 2. The summed E-state index contributed by atoms with van der Waals surface area (Å²) in [4.78, 5) is 8.74. The Morgan fingerprint density at radius 2 is 1.03 bits per heavy atom. The topological polar surface area (TPSA) is 68.3 Å². The Balaban J connectivity index is 1.16. The summed E-state index contributed by atoms with van der Waals surface area (Å²) in [6.45, 7) is 2.47. The third-order valence-corrected chi connectivity index (χ3v) is 7.02. The summed E-state index contributed by atoms with van der Waals surface area (Å²) in [7, 11) is 0. The van der Waals surface area contributed by atoms with E-state index in [1.807, 2.05) is 60.7 Å². The largest absolute Gasteiger partial charge is 0.487 e. The summed E-state index contributed by atoms with van der Waals surface area (Å²) >= 11 is 0. The molecule has 4 aromatic rings. The molecule has 2 atom stereocenters. The third-order valence-electron chi connectivity index (χ3n) is 7.02. The average molecular weight is 509 g/mol. The molecule has 38 heavy (non-hydrogen) atoms. The van der Waals surface area contributed by atoms with Crippen molar-refractivity contribution in [2.24, 2.45) is 0 Å². The molecule has 0 unspecified atom stereocenters. The highest BCUT2D eigenvalue weighted by atomic mass is 16.5. The van der Waals surface area contributed by atoms with Gasteiger partial charge in [0.15, 0.2) is 0 Å². The molecule has 6 nitrogen and oxygen atoms in total. The molecule has 2 aromatic carbocycles. The van der Waals surface area contributed by atoms with Crippen LogP contribution in [-0.4, -0.2) is 22.1 Å².